The highest BCUT2D eigenvalue weighted by Crippen LogP contribution is 2.45. The average molecular weight is 532 g/mol. The van der Waals surface area contributed by atoms with Crippen LogP contribution >= 0.6 is 0 Å². The van der Waals surface area contributed by atoms with Crippen molar-refractivity contribution in [2.24, 2.45) is 5.92 Å². The maximum Gasteiger partial charge on any atom is 0.232 e. The minimum absolute atomic E-state index is 0.0622. The number of hydrogen-bond donors (Lipinski definition) is 1. The molecule has 1 amide bonds. The van der Waals surface area contributed by atoms with E-state index in [1.807, 2.05) is 54.6 Å². The first kappa shape index (κ1) is 24.9. The van der Waals surface area contributed by atoms with Crippen molar-refractivity contribution < 1.29 is 14.3 Å². The minimum atomic E-state index is -0.376. The van der Waals surface area contributed by atoms with E-state index in [1.165, 1.54) is 5.69 Å². The number of quaternary nitrogens is 1. The molecule has 4 heterocycles. The van der Waals surface area contributed by atoms with Crippen molar-refractivity contribution in [1.29, 1.82) is 0 Å². The van der Waals surface area contributed by atoms with Crippen LogP contribution in [0.15, 0.2) is 91.0 Å². The Balaban J connectivity index is 1.15. The van der Waals surface area contributed by atoms with Gasteiger partial charge in [-0.05, 0) is 55.2 Å². The zero-order chi connectivity index (χ0) is 27.3. The fraction of sp³-hybridized carbons (Fsp3) is 0.286. The second kappa shape index (κ2) is 9.83. The van der Waals surface area contributed by atoms with Crippen LogP contribution in [-0.2, 0) is 4.79 Å². The van der Waals surface area contributed by atoms with Gasteiger partial charge in [0.25, 0.3) is 0 Å². The Bertz CT molecular complexity index is 1520. The molecule has 0 aliphatic carbocycles. The molecule has 5 nitrogen and oxygen atoms in total. The summed E-state index contributed by atoms with van der Waals surface area (Å²) >= 11 is 0. The Kier molecular flexibility index (Phi) is 6.12. The van der Waals surface area contributed by atoms with E-state index in [0.717, 1.165) is 82.2 Å². The summed E-state index contributed by atoms with van der Waals surface area (Å²) in [7, 11) is 0. The van der Waals surface area contributed by atoms with E-state index in [-0.39, 0.29) is 17.9 Å². The Morgan fingerprint density at radius 1 is 0.825 bits per heavy atom. The fourth-order valence-electron chi connectivity index (χ4n) is 7.10. The van der Waals surface area contributed by atoms with Crippen LogP contribution in [0.3, 0.4) is 0 Å². The summed E-state index contributed by atoms with van der Waals surface area (Å²) in [5.41, 5.74) is 5.40. The zero-order valence-electron chi connectivity index (χ0n) is 23.1. The molecule has 4 aromatic carbocycles. The Morgan fingerprint density at radius 2 is 1.45 bits per heavy atom. The highest BCUT2D eigenvalue weighted by atomic mass is 16.5. The molecular weight excluding hydrogens is 496 g/mol. The Labute approximate surface area is 236 Å². The number of rotatable bonds is 5. The first-order chi connectivity index (χ1) is 19.5. The molecule has 4 aliphatic rings. The molecule has 0 spiro atoms. The summed E-state index contributed by atoms with van der Waals surface area (Å²) in [5.74, 6) is 3.51. The second-order valence-corrected chi connectivity index (χ2v) is 11.7. The molecule has 0 unspecified atom stereocenters. The van der Waals surface area contributed by atoms with E-state index in [2.05, 4.69) is 55.6 Å². The molecule has 4 aromatic rings. The van der Waals surface area contributed by atoms with Crippen LogP contribution in [0.25, 0.3) is 0 Å². The second-order valence-electron chi connectivity index (χ2n) is 11.7. The molecule has 2 bridgehead atoms. The van der Waals surface area contributed by atoms with Crippen molar-refractivity contribution in [3.05, 3.63) is 113 Å². The van der Waals surface area contributed by atoms with E-state index in [0.29, 0.717) is 5.92 Å². The van der Waals surface area contributed by atoms with Crippen molar-refractivity contribution in [3.63, 3.8) is 0 Å². The van der Waals surface area contributed by atoms with Crippen molar-refractivity contribution in [1.82, 2.24) is 9.80 Å². The molecular formula is C35H35N2O3+. The molecule has 1 N–H and O–H groups in total. The average Bonchev–Trinajstić information content (AvgIpc) is 2.98. The molecule has 202 valence electrons. The largest absolute Gasteiger partial charge is 0.457 e. The van der Waals surface area contributed by atoms with Gasteiger partial charge in [-0.2, -0.15) is 0 Å². The molecule has 4 aliphatic heterocycles. The van der Waals surface area contributed by atoms with Crippen LogP contribution in [0.1, 0.15) is 41.0 Å². The predicted octanol–water partition coefficient (Wildman–Crippen LogP) is 7.25. The lowest BCUT2D eigenvalue weighted by Gasteiger charge is -2.52. The smallest absolute Gasteiger partial charge is 0.232 e. The van der Waals surface area contributed by atoms with Crippen molar-refractivity contribution in [2.75, 3.05) is 19.6 Å². The molecule has 5 heteroatoms. The molecule has 0 saturated carbocycles. The summed E-state index contributed by atoms with van der Waals surface area (Å²) in [6.07, 6.45) is 2.21. The van der Waals surface area contributed by atoms with Crippen molar-refractivity contribution in [2.45, 2.75) is 38.6 Å². The number of nitrogens with one attached hydrogen (secondary N) is 1. The molecule has 3 saturated heterocycles. The summed E-state index contributed by atoms with van der Waals surface area (Å²) in [6, 6.07) is 30.8. The number of piperidine rings is 3. The lowest BCUT2D eigenvalue weighted by Crippen LogP contribution is -2.68. The molecule has 40 heavy (non-hydrogen) atoms. The van der Waals surface area contributed by atoms with E-state index >= 15 is 0 Å². The van der Waals surface area contributed by atoms with Gasteiger partial charge in [0.1, 0.15) is 35.2 Å². The van der Waals surface area contributed by atoms with Gasteiger partial charge in [0.15, 0.2) is 0 Å². The Hall–Kier alpha value is -4.09. The zero-order valence-corrected chi connectivity index (χ0v) is 23.1. The van der Waals surface area contributed by atoms with Gasteiger partial charge >= 0.3 is 0 Å². The maximum absolute atomic E-state index is 14.0. The van der Waals surface area contributed by atoms with Gasteiger partial charge in [-0.25, -0.2) is 0 Å². The van der Waals surface area contributed by atoms with Gasteiger partial charge < -0.3 is 14.8 Å². The summed E-state index contributed by atoms with van der Waals surface area (Å²) in [6.45, 7) is 7.26. The summed E-state index contributed by atoms with van der Waals surface area (Å²) in [5, 5.41) is 3.52. The maximum atomic E-state index is 14.0. The van der Waals surface area contributed by atoms with E-state index in [9.17, 15) is 4.79 Å². The third kappa shape index (κ3) is 4.25. The SMILES string of the molecule is Cc1cccc(C)c1Oc1cccc([N+]23CCC(CC2)[C@H](NC(=O)C2c4ccccc4Oc4ccccc42)C3)c1. The van der Waals surface area contributed by atoms with Crippen molar-refractivity contribution >= 4 is 11.6 Å². The lowest BCUT2D eigenvalue weighted by molar-refractivity contribution is -0.123. The number of hydrogen-bond acceptors (Lipinski definition) is 3. The number of amides is 1. The van der Waals surface area contributed by atoms with E-state index in [1.54, 1.807) is 0 Å². The topological polar surface area (TPSA) is 47.6 Å². The van der Waals surface area contributed by atoms with Crippen LogP contribution < -0.4 is 19.3 Å². The van der Waals surface area contributed by atoms with Gasteiger partial charge in [0, 0.05) is 30.0 Å². The number of nitrogens with zero attached hydrogens (tertiary/aromatic N) is 1. The first-order valence-electron chi connectivity index (χ1n) is 14.4. The molecule has 0 aromatic heterocycles. The van der Waals surface area contributed by atoms with Gasteiger partial charge in [-0.15, -0.1) is 0 Å². The monoisotopic (exact) mass is 531 g/mol. The van der Waals surface area contributed by atoms with Crippen LogP contribution in [-0.4, -0.2) is 31.6 Å². The van der Waals surface area contributed by atoms with Crippen LogP contribution in [0.4, 0.5) is 5.69 Å². The normalized spacial score (nSPS) is 23.1. The number of carbonyl (C=O) groups is 1. The highest BCUT2D eigenvalue weighted by Gasteiger charge is 2.48. The number of ether oxygens (including phenoxy) is 2. The number of benzene rings is 4. The van der Waals surface area contributed by atoms with E-state index in [4.69, 9.17) is 9.47 Å². The number of aryl methyl sites for hydroxylation is 2. The van der Waals surface area contributed by atoms with Gasteiger partial charge in [0.2, 0.25) is 5.91 Å². The minimum Gasteiger partial charge on any atom is -0.457 e. The van der Waals surface area contributed by atoms with Crippen molar-refractivity contribution in [3.8, 4) is 23.0 Å². The first-order valence-corrected chi connectivity index (χ1v) is 14.4. The third-order valence-electron chi connectivity index (χ3n) is 9.23. The van der Waals surface area contributed by atoms with E-state index < -0.39 is 0 Å². The Morgan fingerprint density at radius 3 is 2.12 bits per heavy atom. The summed E-state index contributed by atoms with van der Waals surface area (Å²) in [4.78, 5) is 14.0. The lowest BCUT2D eigenvalue weighted by atomic mass is 9.80. The molecule has 1 atom stereocenters. The molecule has 8 rings (SSSR count). The number of carbonyl (C=O) groups excluding carboxylic acids is 1. The fourth-order valence-corrected chi connectivity index (χ4v) is 7.10. The van der Waals surface area contributed by atoms with Gasteiger partial charge in [-0.3, -0.25) is 9.28 Å². The molecule has 0 radical (unpaired) electrons. The van der Waals surface area contributed by atoms with Gasteiger partial charge in [-0.1, -0.05) is 60.7 Å². The number of fused-ring (bicyclic) bond motifs is 5. The number of para-hydroxylation sites is 3. The highest BCUT2D eigenvalue weighted by molar-refractivity contribution is 5.90. The summed E-state index contributed by atoms with van der Waals surface area (Å²) < 4.78 is 13.4. The third-order valence-corrected chi connectivity index (χ3v) is 9.23. The quantitative estimate of drug-likeness (QED) is 0.276. The molecule has 3 fully saturated rings. The van der Waals surface area contributed by atoms with Crippen LogP contribution in [0.5, 0.6) is 23.0 Å². The predicted molar refractivity (Wildman–Crippen MR) is 158 cm³/mol. The van der Waals surface area contributed by atoms with Crippen LogP contribution in [0.2, 0.25) is 0 Å². The van der Waals surface area contributed by atoms with Gasteiger partial charge in [0.05, 0.1) is 25.0 Å². The van der Waals surface area contributed by atoms with Crippen LogP contribution in [0, 0.1) is 19.8 Å². The standard InChI is InChI=1S/C35H34N2O3/c1-23-9-7-10-24(2)34(23)39-27-12-8-11-26(21-27)37-19-17-25(18-20-37)30(22-37)36-35(38)33-28-13-3-5-15-31(28)40-32-16-6-4-14-29(32)33/h3-16,21,25,30,33H,17-20,22H2,1-2H3/p+1/t25?,30-,37?/m1/s1.